The first-order valence-electron chi connectivity index (χ1n) is 8.55. The third-order valence-electron chi connectivity index (χ3n) is 5.27. The van der Waals surface area contributed by atoms with Crippen LogP contribution in [0.15, 0.2) is 30.3 Å². The molecule has 24 heavy (non-hydrogen) atoms. The highest BCUT2D eigenvalue weighted by atomic mass is 16.5. The largest absolute Gasteiger partial charge is 0.456 e. The molecule has 2 fully saturated rings. The normalized spacial score (nSPS) is 24.4. The van der Waals surface area contributed by atoms with Crippen molar-refractivity contribution in [3.05, 3.63) is 30.3 Å². The molecule has 1 aromatic rings. The fraction of sp³-hybridized carbons (Fsp3) is 0.526. The Balaban J connectivity index is 1.50. The van der Waals surface area contributed by atoms with Gasteiger partial charge in [-0.2, -0.15) is 5.26 Å². The number of ether oxygens (including phenoxy) is 1. The second kappa shape index (κ2) is 7.48. The van der Waals surface area contributed by atoms with Crippen LogP contribution >= 0.6 is 0 Å². The summed E-state index contributed by atoms with van der Waals surface area (Å²) in [5.41, 5.74) is 0.633. The van der Waals surface area contributed by atoms with Gasteiger partial charge in [0.1, 0.15) is 6.54 Å². The van der Waals surface area contributed by atoms with E-state index in [0.717, 1.165) is 12.3 Å². The molecule has 5 heteroatoms. The van der Waals surface area contributed by atoms with Crippen LogP contribution in [-0.2, 0) is 14.3 Å². The molecule has 2 bridgehead atoms. The van der Waals surface area contributed by atoms with Crippen LogP contribution in [0.1, 0.15) is 32.1 Å². The summed E-state index contributed by atoms with van der Waals surface area (Å²) >= 11 is 0. The van der Waals surface area contributed by atoms with E-state index in [4.69, 9.17) is 10.00 Å². The standard InChI is InChI=1S/C19H22N2O3/c20-8-9-21(17-4-2-1-3-5-17)18(22)13-24-19(23)12-16-11-14-6-7-15(16)10-14/h1-5,14-16H,6-7,9-13H2/t14-,15-,16-/m1/s1. The van der Waals surface area contributed by atoms with E-state index in [0.29, 0.717) is 23.9 Å². The number of benzene rings is 1. The summed E-state index contributed by atoms with van der Waals surface area (Å²) in [4.78, 5) is 25.7. The van der Waals surface area contributed by atoms with Gasteiger partial charge < -0.3 is 4.74 Å². The highest BCUT2D eigenvalue weighted by molar-refractivity contribution is 5.95. The molecule has 0 saturated heterocycles. The molecular formula is C19H22N2O3. The highest BCUT2D eigenvalue weighted by Gasteiger charge is 2.40. The number of fused-ring (bicyclic) bond motifs is 2. The lowest BCUT2D eigenvalue weighted by Gasteiger charge is -2.22. The van der Waals surface area contributed by atoms with E-state index in [2.05, 4.69) is 0 Å². The van der Waals surface area contributed by atoms with Gasteiger partial charge >= 0.3 is 5.97 Å². The fourth-order valence-corrected chi connectivity index (χ4v) is 4.12. The molecular weight excluding hydrogens is 304 g/mol. The molecule has 0 heterocycles. The zero-order valence-corrected chi connectivity index (χ0v) is 13.7. The minimum Gasteiger partial charge on any atom is -0.456 e. The maximum Gasteiger partial charge on any atom is 0.306 e. The molecule has 0 aliphatic heterocycles. The van der Waals surface area contributed by atoms with Gasteiger partial charge in [-0.3, -0.25) is 14.5 Å². The first-order valence-corrected chi connectivity index (χ1v) is 8.55. The number of esters is 1. The molecule has 2 aliphatic rings. The van der Waals surface area contributed by atoms with Gasteiger partial charge in [0, 0.05) is 12.1 Å². The Morgan fingerprint density at radius 1 is 1.21 bits per heavy atom. The van der Waals surface area contributed by atoms with E-state index >= 15 is 0 Å². The van der Waals surface area contributed by atoms with Gasteiger partial charge in [0.2, 0.25) is 0 Å². The summed E-state index contributed by atoms with van der Waals surface area (Å²) in [5.74, 6) is 1.21. The van der Waals surface area contributed by atoms with E-state index in [9.17, 15) is 9.59 Å². The number of nitriles is 1. The number of para-hydroxylation sites is 1. The van der Waals surface area contributed by atoms with Gasteiger partial charge in [0.05, 0.1) is 6.07 Å². The monoisotopic (exact) mass is 326 g/mol. The lowest BCUT2D eigenvalue weighted by Crippen LogP contribution is -2.35. The Morgan fingerprint density at radius 3 is 2.62 bits per heavy atom. The van der Waals surface area contributed by atoms with Crippen molar-refractivity contribution < 1.29 is 14.3 Å². The molecule has 1 aromatic carbocycles. The van der Waals surface area contributed by atoms with Crippen molar-refractivity contribution in [2.45, 2.75) is 32.1 Å². The second-order valence-electron chi connectivity index (χ2n) is 6.77. The molecule has 1 amide bonds. The number of rotatable bonds is 6. The van der Waals surface area contributed by atoms with Crippen LogP contribution in [0.25, 0.3) is 0 Å². The van der Waals surface area contributed by atoms with Crippen molar-refractivity contribution in [3.8, 4) is 6.07 Å². The number of hydrogen-bond donors (Lipinski definition) is 0. The molecule has 2 aliphatic carbocycles. The van der Waals surface area contributed by atoms with Crippen molar-refractivity contribution >= 4 is 17.6 Å². The third-order valence-corrected chi connectivity index (χ3v) is 5.27. The molecule has 2 saturated carbocycles. The van der Waals surface area contributed by atoms with E-state index < -0.39 is 0 Å². The van der Waals surface area contributed by atoms with Crippen molar-refractivity contribution in [2.24, 2.45) is 17.8 Å². The minimum absolute atomic E-state index is 0.0627. The van der Waals surface area contributed by atoms with Crippen LogP contribution < -0.4 is 4.90 Å². The summed E-state index contributed by atoms with van der Waals surface area (Å²) in [6.07, 6.45) is 5.32. The minimum atomic E-state index is -0.371. The molecule has 0 N–H and O–H groups in total. The van der Waals surface area contributed by atoms with Crippen LogP contribution in [0.4, 0.5) is 5.69 Å². The zero-order valence-electron chi connectivity index (χ0n) is 13.7. The highest BCUT2D eigenvalue weighted by Crippen LogP contribution is 2.49. The van der Waals surface area contributed by atoms with E-state index in [1.165, 1.54) is 24.2 Å². The molecule has 3 atom stereocenters. The van der Waals surface area contributed by atoms with E-state index in [1.807, 2.05) is 12.1 Å². The summed E-state index contributed by atoms with van der Waals surface area (Å²) in [5, 5.41) is 8.92. The molecule has 0 radical (unpaired) electrons. The third kappa shape index (κ3) is 3.76. The zero-order chi connectivity index (χ0) is 16.9. The summed E-state index contributed by atoms with van der Waals surface area (Å²) in [7, 11) is 0. The number of nitrogens with zero attached hydrogens (tertiary/aromatic N) is 2. The average molecular weight is 326 g/mol. The number of carbonyl (C=O) groups is 2. The number of carbonyl (C=O) groups excluding carboxylic acids is 2. The Hall–Kier alpha value is -2.35. The molecule has 0 aromatic heterocycles. The lowest BCUT2D eigenvalue weighted by molar-refractivity contribution is -0.149. The van der Waals surface area contributed by atoms with Gasteiger partial charge in [-0.15, -0.1) is 0 Å². The smallest absolute Gasteiger partial charge is 0.306 e. The van der Waals surface area contributed by atoms with Crippen molar-refractivity contribution in [2.75, 3.05) is 18.1 Å². The number of hydrogen-bond acceptors (Lipinski definition) is 4. The predicted octanol–water partition coefficient (Wildman–Crippen LogP) is 2.91. The maximum absolute atomic E-state index is 12.3. The summed E-state index contributed by atoms with van der Waals surface area (Å²) in [6, 6.07) is 10.9. The van der Waals surface area contributed by atoms with Crippen molar-refractivity contribution in [3.63, 3.8) is 0 Å². The van der Waals surface area contributed by atoms with E-state index in [-0.39, 0.29) is 25.0 Å². The van der Waals surface area contributed by atoms with Crippen molar-refractivity contribution in [1.82, 2.24) is 0 Å². The Kier molecular flexibility index (Phi) is 5.14. The molecule has 0 spiro atoms. The van der Waals surface area contributed by atoms with Crippen LogP contribution in [0.2, 0.25) is 0 Å². The Labute approximate surface area is 142 Å². The van der Waals surface area contributed by atoms with Gasteiger partial charge in [0.25, 0.3) is 5.91 Å². The van der Waals surface area contributed by atoms with Crippen molar-refractivity contribution in [1.29, 1.82) is 5.26 Å². The quantitative estimate of drug-likeness (QED) is 0.595. The van der Waals surface area contributed by atoms with Crippen LogP contribution in [-0.4, -0.2) is 25.0 Å². The first-order chi connectivity index (χ1) is 11.7. The van der Waals surface area contributed by atoms with Crippen LogP contribution in [0, 0.1) is 29.1 Å². The molecule has 3 rings (SSSR count). The summed E-state index contributed by atoms with van der Waals surface area (Å²) < 4.78 is 5.18. The molecule has 126 valence electrons. The maximum atomic E-state index is 12.3. The van der Waals surface area contributed by atoms with Gasteiger partial charge in [-0.1, -0.05) is 24.6 Å². The second-order valence-corrected chi connectivity index (χ2v) is 6.77. The summed E-state index contributed by atoms with van der Waals surface area (Å²) in [6.45, 7) is -0.372. The fourth-order valence-electron chi connectivity index (χ4n) is 4.12. The number of amides is 1. The van der Waals surface area contributed by atoms with Gasteiger partial charge in [-0.25, -0.2) is 0 Å². The van der Waals surface area contributed by atoms with E-state index in [1.54, 1.807) is 24.3 Å². The molecule has 5 nitrogen and oxygen atoms in total. The number of anilines is 1. The van der Waals surface area contributed by atoms with Crippen LogP contribution in [0.5, 0.6) is 0 Å². The van der Waals surface area contributed by atoms with Gasteiger partial charge in [0.15, 0.2) is 6.61 Å². The average Bonchev–Trinajstić information content (AvgIpc) is 3.21. The lowest BCUT2D eigenvalue weighted by atomic mass is 9.86. The topological polar surface area (TPSA) is 70.4 Å². The predicted molar refractivity (Wildman–Crippen MR) is 88.9 cm³/mol. The molecule has 0 unspecified atom stereocenters. The van der Waals surface area contributed by atoms with Gasteiger partial charge in [-0.05, 0) is 49.1 Å². The Bertz CT molecular complexity index is 638. The first kappa shape index (κ1) is 16.5. The SMILES string of the molecule is N#CCN(C(=O)COC(=O)C[C@H]1C[C@@H]2CC[C@@H]1C2)c1ccccc1. The van der Waals surface area contributed by atoms with Crippen LogP contribution in [0.3, 0.4) is 0 Å². The Morgan fingerprint density at radius 2 is 2.00 bits per heavy atom.